The van der Waals surface area contributed by atoms with Crippen molar-refractivity contribution in [2.75, 3.05) is 7.11 Å². The fraction of sp³-hybridized carbons (Fsp3) is 0.682. The first-order valence-electron chi connectivity index (χ1n) is 10.6. The maximum atomic E-state index is 12.9. The van der Waals surface area contributed by atoms with Gasteiger partial charge in [-0.15, -0.1) is 0 Å². The van der Waals surface area contributed by atoms with Crippen molar-refractivity contribution < 1.29 is 33.1 Å². The molecule has 1 rings (SSSR count). The van der Waals surface area contributed by atoms with E-state index in [0.717, 1.165) is 5.57 Å². The number of rotatable bonds is 7. The number of carbonyl (C=O) groups excluding carboxylic acids is 3. The third kappa shape index (κ3) is 9.11. The maximum absolute atomic E-state index is 12.9. The lowest BCUT2D eigenvalue weighted by Gasteiger charge is -2.32. The van der Waals surface area contributed by atoms with E-state index in [1.54, 1.807) is 61.5 Å². The first-order chi connectivity index (χ1) is 15.1. The molecule has 1 aromatic rings. The molecular weight excluding hydrogens is 434 g/mol. The molecule has 1 atom stereocenters. The topological polar surface area (TPSA) is 130 Å². The second kappa shape index (κ2) is 11.2. The molecule has 0 radical (unpaired) electrons. The Morgan fingerprint density at radius 3 is 2.00 bits per heavy atom. The number of esters is 1. The molecule has 0 N–H and O–H groups in total. The number of aryl methyl sites for hydroxylation is 1. The average Bonchev–Trinajstić information content (AvgIpc) is 2.95. The lowest BCUT2D eigenvalue weighted by atomic mass is 10.1. The fourth-order valence-electron chi connectivity index (χ4n) is 2.76. The largest absolute Gasteiger partial charge is 0.467 e. The Hall–Kier alpha value is -3.11. The van der Waals surface area contributed by atoms with Crippen LogP contribution in [0.2, 0.25) is 0 Å². The summed E-state index contributed by atoms with van der Waals surface area (Å²) in [6.07, 6.45) is 0.114. The van der Waals surface area contributed by atoms with E-state index in [0.29, 0.717) is 17.1 Å². The molecule has 2 amide bonds. The molecule has 0 aliphatic carbocycles. The zero-order valence-corrected chi connectivity index (χ0v) is 20.9. The summed E-state index contributed by atoms with van der Waals surface area (Å²) in [6.45, 7) is 13.6. The van der Waals surface area contributed by atoms with Crippen LogP contribution in [0, 0.1) is 6.92 Å². The molecule has 1 heterocycles. The van der Waals surface area contributed by atoms with Crippen molar-refractivity contribution in [1.82, 2.24) is 14.6 Å². The van der Waals surface area contributed by atoms with Gasteiger partial charge in [0, 0.05) is 0 Å². The Bertz CT molecular complexity index is 903. The van der Waals surface area contributed by atoms with Gasteiger partial charge in [-0.1, -0.05) is 16.8 Å². The molecule has 0 saturated heterocycles. The van der Waals surface area contributed by atoms with E-state index >= 15 is 0 Å². The number of methoxy groups -OCH3 is 1. The van der Waals surface area contributed by atoms with E-state index in [9.17, 15) is 19.2 Å². The molecule has 0 spiro atoms. The number of hydrogen-bond donors (Lipinski definition) is 0. The van der Waals surface area contributed by atoms with Crippen molar-refractivity contribution in [1.29, 1.82) is 0 Å². The normalized spacial score (nSPS) is 13.3. The third-order valence-corrected chi connectivity index (χ3v) is 4.17. The van der Waals surface area contributed by atoms with Crippen LogP contribution in [0.4, 0.5) is 9.59 Å². The van der Waals surface area contributed by atoms with Crippen molar-refractivity contribution in [3.05, 3.63) is 28.0 Å². The minimum atomic E-state index is -1.27. The molecule has 0 aliphatic heterocycles. The SMILES string of the molecule is COC(=O)C(CC/C=C(\C)Cn1c(C)noc1=O)N(C(=O)OC(C)(C)C)C(=O)OC(C)(C)C. The monoisotopic (exact) mass is 469 g/mol. The minimum Gasteiger partial charge on any atom is -0.467 e. The molecule has 1 unspecified atom stereocenters. The summed E-state index contributed by atoms with van der Waals surface area (Å²) in [5.74, 6) is -0.932. The van der Waals surface area contributed by atoms with Crippen LogP contribution in [-0.4, -0.2) is 57.1 Å². The zero-order valence-electron chi connectivity index (χ0n) is 20.9. The van der Waals surface area contributed by atoms with Gasteiger partial charge < -0.3 is 14.2 Å². The van der Waals surface area contributed by atoms with Crippen LogP contribution in [-0.2, 0) is 25.5 Å². The average molecular weight is 470 g/mol. The summed E-state index contributed by atoms with van der Waals surface area (Å²) in [5.41, 5.74) is -1.01. The highest BCUT2D eigenvalue weighted by molar-refractivity contribution is 5.94. The molecule has 186 valence electrons. The molecule has 0 bridgehead atoms. The fourth-order valence-corrected chi connectivity index (χ4v) is 2.76. The number of amides is 2. The highest BCUT2D eigenvalue weighted by Gasteiger charge is 2.40. The van der Waals surface area contributed by atoms with E-state index in [1.807, 2.05) is 0 Å². The van der Waals surface area contributed by atoms with E-state index in [1.165, 1.54) is 11.7 Å². The number of aromatic nitrogens is 2. The van der Waals surface area contributed by atoms with Gasteiger partial charge in [-0.25, -0.2) is 19.2 Å². The van der Waals surface area contributed by atoms with Gasteiger partial charge in [0.05, 0.1) is 13.7 Å². The molecular formula is C22H35N3O8. The maximum Gasteiger partial charge on any atom is 0.441 e. The van der Waals surface area contributed by atoms with Crippen LogP contribution in [0.1, 0.15) is 67.1 Å². The Morgan fingerprint density at radius 2 is 1.61 bits per heavy atom. The van der Waals surface area contributed by atoms with Crippen LogP contribution in [0.5, 0.6) is 0 Å². The molecule has 0 aliphatic rings. The van der Waals surface area contributed by atoms with Gasteiger partial charge in [-0.2, -0.15) is 4.90 Å². The van der Waals surface area contributed by atoms with Gasteiger partial charge in [0.1, 0.15) is 17.2 Å². The van der Waals surface area contributed by atoms with Crippen LogP contribution < -0.4 is 5.76 Å². The molecule has 33 heavy (non-hydrogen) atoms. The Kier molecular flexibility index (Phi) is 9.44. The number of hydrogen-bond acceptors (Lipinski definition) is 9. The molecule has 0 aromatic carbocycles. The van der Waals surface area contributed by atoms with Crippen molar-refractivity contribution in [3.63, 3.8) is 0 Å². The number of allylic oxidation sites excluding steroid dienone is 2. The zero-order chi connectivity index (χ0) is 25.6. The van der Waals surface area contributed by atoms with Gasteiger partial charge >= 0.3 is 23.9 Å². The van der Waals surface area contributed by atoms with Crippen molar-refractivity contribution in [2.45, 2.75) is 92.0 Å². The van der Waals surface area contributed by atoms with Gasteiger partial charge in [0.2, 0.25) is 0 Å². The van der Waals surface area contributed by atoms with Crippen LogP contribution in [0.15, 0.2) is 21.0 Å². The Balaban J connectivity index is 3.13. The minimum absolute atomic E-state index is 0.0556. The molecule has 11 nitrogen and oxygen atoms in total. The standard InChI is InChI=1S/C22H35N3O8/c1-14(13-24-15(2)23-33-18(24)27)11-10-12-16(17(26)30-9)25(19(28)31-21(3,4)5)20(29)32-22(6,7)8/h11,16H,10,12-13H2,1-9H3/b14-11+. The predicted octanol–water partition coefficient (Wildman–Crippen LogP) is 3.59. The summed E-state index contributed by atoms with van der Waals surface area (Å²) in [6, 6.07) is -1.27. The van der Waals surface area contributed by atoms with Gasteiger partial charge in [0.15, 0.2) is 5.82 Å². The summed E-state index contributed by atoms with van der Waals surface area (Å²) >= 11 is 0. The van der Waals surface area contributed by atoms with Crippen molar-refractivity contribution >= 4 is 18.2 Å². The molecule has 11 heteroatoms. The first-order valence-corrected chi connectivity index (χ1v) is 10.6. The van der Waals surface area contributed by atoms with E-state index in [-0.39, 0.29) is 13.0 Å². The number of ether oxygens (including phenoxy) is 3. The Labute approximate surface area is 193 Å². The third-order valence-electron chi connectivity index (χ3n) is 4.17. The lowest BCUT2D eigenvalue weighted by molar-refractivity contribution is -0.146. The lowest BCUT2D eigenvalue weighted by Crippen LogP contribution is -2.52. The second-order valence-electron chi connectivity index (χ2n) is 9.58. The van der Waals surface area contributed by atoms with Gasteiger partial charge in [-0.05, 0) is 68.2 Å². The quantitative estimate of drug-likeness (QED) is 0.334. The highest BCUT2D eigenvalue weighted by Crippen LogP contribution is 2.20. The number of nitrogens with zero attached hydrogens (tertiary/aromatic N) is 3. The molecule has 0 saturated carbocycles. The second-order valence-corrected chi connectivity index (χ2v) is 9.58. The summed E-state index contributed by atoms with van der Waals surface area (Å²) in [4.78, 5) is 50.6. The van der Waals surface area contributed by atoms with Crippen LogP contribution in [0.3, 0.4) is 0 Å². The molecule has 0 fully saturated rings. The van der Waals surface area contributed by atoms with E-state index in [4.69, 9.17) is 14.2 Å². The summed E-state index contributed by atoms with van der Waals surface area (Å²) in [7, 11) is 1.17. The van der Waals surface area contributed by atoms with E-state index in [2.05, 4.69) is 9.68 Å². The summed E-state index contributed by atoms with van der Waals surface area (Å²) in [5, 5.41) is 3.61. The van der Waals surface area contributed by atoms with Crippen molar-refractivity contribution in [2.24, 2.45) is 0 Å². The van der Waals surface area contributed by atoms with Crippen molar-refractivity contribution in [3.8, 4) is 0 Å². The highest BCUT2D eigenvalue weighted by atomic mass is 16.6. The predicted molar refractivity (Wildman–Crippen MR) is 119 cm³/mol. The first kappa shape index (κ1) is 27.9. The van der Waals surface area contributed by atoms with Gasteiger partial charge in [-0.3, -0.25) is 9.09 Å². The summed E-state index contributed by atoms with van der Waals surface area (Å²) < 4.78 is 21.5. The van der Waals surface area contributed by atoms with Crippen LogP contribution in [0.25, 0.3) is 0 Å². The smallest absolute Gasteiger partial charge is 0.441 e. The Morgan fingerprint density at radius 1 is 1.09 bits per heavy atom. The number of carbonyl (C=O) groups is 3. The molecule has 1 aromatic heterocycles. The van der Waals surface area contributed by atoms with E-state index < -0.39 is 41.2 Å². The van der Waals surface area contributed by atoms with Gasteiger partial charge in [0.25, 0.3) is 0 Å². The van der Waals surface area contributed by atoms with Crippen LogP contribution >= 0.6 is 0 Å². The number of imide groups is 1.